The van der Waals surface area contributed by atoms with Gasteiger partial charge in [0.1, 0.15) is 11.0 Å². The van der Waals surface area contributed by atoms with E-state index in [0.717, 1.165) is 198 Å². The van der Waals surface area contributed by atoms with Crippen LogP contribution in [0.2, 0.25) is 0 Å². The van der Waals surface area contributed by atoms with Gasteiger partial charge in [0.05, 0.1) is 45.9 Å². The number of nitrogens with zero attached hydrogens (tertiary/aromatic N) is 12. The number of rotatable bonds is 16. The average Bonchev–Trinajstić information content (AvgIpc) is 1.56. The topological polar surface area (TPSA) is 231 Å². The molecular weight excluding hydrogens is 1370 g/mol. The van der Waals surface area contributed by atoms with Gasteiger partial charge < -0.3 is 54.9 Å². The summed E-state index contributed by atoms with van der Waals surface area (Å²) in [6.45, 7) is 15.1. The third-order valence-electron chi connectivity index (χ3n) is 28.3. The lowest BCUT2D eigenvalue weighted by Gasteiger charge is -2.51. The third-order valence-corrected chi connectivity index (χ3v) is 28.3. The lowest BCUT2D eigenvalue weighted by molar-refractivity contribution is -0.149. The van der Waals surface area contributed by atoms with Crippen LogP contribution in [0.4, 0.5) is 34.4 Å². The van der Waals surface area contributed by atoms with E-state index in [-0.39, 0.29) is 65.0 Å². The maximum absolute atomic E-state index is 16.0. The first kappa shape index (κ1) is 69.9. The maximum atomic E-state index is 16.0. The van der Waals surface area contributed by atoms with Crippen LogP contribution in [0.3, 0.4) is 0 Å². The Morgan fingerprint density at radius 2 is 1.05 bits per heavy atom. The lowest BCUT2D eigenvalue weighted by atomic mass is 9.68. The van der Waals surface area contributed by atoms with E-state index in [1.54, 1.807) is 21.0 Å². The highest BCUT2D eigenvalue weighted by Crippen LogP contribution is 2.58. The number of nitrogens with one attached hydrogen (secondary N) is 4. The predicted molar refractivity (Wildman–Crippen MR) is 423 cm³/mol. The van der Waals surface area contributed by atoms with Gasteiger partial charge in [-0.1, -0.05) is 56.5 Å². The number of aromatic nitrogens is 6. The minimum absolute atomic E-state index is 0.0212. The van der Waals surface area contributed by atoms with Crippen LogP contribution in [0.25, 0.3) is 44.6 Å². The van der Waals surface area contributed by atoms with Gasteiger partial charge in [-0.05, 0) is 232 Å². The Hall–Kier alpha value is -9.54. The summed E-state index contributed by atoms with van der Waals surface area (Å²) >= 11 is 0. The number of aryl methyl sites for hydroxylation is 2. The van der Waals surface area contributed by atoms with Gasteiger partial charge in [0.25, 0.3) is 11.8 Å². The number of carbonyl (C=O) groups excluding carboxylic acids is 6. The zero-order chi connectivity index (χ0) is 74.7. The first-order valence-electron chi connectivity index (χ1n) is 40.8. The molecule has 6 aliphatic heterocycles. The number of imidazole rings is 2. The summed E-state index contributed by atoms with van der Waals surface area (Å²) in [5.74, 6) is 1.93. The largest absolute Gasteiger partial charge is 0.355 e. The molecule has 109 heavy (non-hydrogen) atoms. The molecule has 6 amide bonds. The van der Waals surface area contributed by atoms with Crippen molar-refractivity contribution in [3.8, 4) is 22.5 Å². The molecule has 3 unspecified atom stereocenters. The lowest BCUT2D eigenvalue weighted by Crippen LogP contribution is -2.60. The fraction of sp³-hybridized carbons (Fsp3) is 0.517. The quantitative estimate of drug-likeness (QED) is 0.0705. The summed E-state index contributed by atoms with van der Waals surface area (Å²) in [6.07, 6.45) is 23.0. The van der Waals surface area contributed by atoms with Crippen molar-refractivity contribution in [1.82, 2.24) is 59.3 Å². The van der Waals surface area contributed by atoms with Crippen LogP contribution in [0.1, 0.15) is 203 Å². The fourth-order valence-corrected chi connectivity index (χ4v) is 21.1. The Labute approximate surface area is 637 Å². The van der Waals surface area contributed by atoms with Gasteiger partial charge in [0, 0.05) is 140 Å². The molecule has 0 bridgehead atoms. The van der Waals surface area contributed by atoms with Crippen LogP contribution in [-0.4, -0.2) is 174 Å². The van der Waals surface area contributed by atoms with Gasteiger partial charge in [-0.2, -0.15) is 0 Å². The van der Waals surface area contributed by atoms with E-state index in [0.29, 0.717) is 98.7 Å². The van der Waals surface area contributed by atoms with Crippen LogP contribution in [0.15, 0.2) is 91.5 Å². The van der Waals surface area contributed by atoms with Crippen LogP contribution in [0.5, 0.6) is 0 Å². The zero-order valence-electron chi connectivity index (χ0n) is 64.2. The predicted octanol–water partition coefficient (Wildman–Crippen LogP) is 13.3. The van der Waals surface area contributed by atoms with Crippen LogP contribution < -0.4 is 31.1 Å². The number of benzene rings is 4. The second-order valence-corrected chi connectivity index (χ2v) is 34.5. The van der Waals surface area contributed by atoms with Gasteiger partial charge in [-0.25, -0.2) is 19.9 Å². The minimum Gasteiger partial charge on any atom is -0.355 e. The number of anilines is 6. The normalized spacial score (nSPS) is 25.4. The number of amides is 6. The highest BCUT2D eigenvalue weighted by atomic mass is 16.2. The summed E-state index contributed by atoms with van der Waals surface area (Å²) in [5.41, 5.74) is 14.4. The molecule has 9 fully saturated rings. The molecule has 566 valence electrons. The summed E-state index contributed by atoms with van der Waals surface area (Å²) in [7, 11) is 3.31. The first-order valence-corrected chi connectivity index (χ1v) is 40.8. The second-order valence-electron chi connectivity index (χ2n) is 34.5. The van der Waals surface area contributed by atoms with Crippen LogP contribution in [0, 0.1) is 32.1 Å². The number of hydrogen-bond donors (Lipinski definition) is 4. The summed E-state index contributed by atoms with van der Waals surface area (Å²) in [6, 6.07) is 28.7. The van der Waals surface area contributed by atoms with Crippen molar-refractivity contribution in [3.05, 3.63) is 130 Å². The molecule has 8 aromatic rings. The first-order chi connectivity index (χ1) is 52.8. The Bertz CT molecular complexity index is 5070. The van der Waals surface area contributed by atoms with E-state index in [2.05, 4.69) is 112 Å². The minimum atomic E-state index is -0.761. The molecule has 5 saturated carbocycles. The molecule has 4 saturated heterocycles. The van der Waals surface area contributed by atoms with Gasteiger partial charge in [-0.3, -0.25) is 33.7 Å². The molecule has 11 aliphatic rings. The number of likely N-dealkylation sites (tertiary alicyclic amines) is 4. The molecule has 19 rings (SSSR count). The molecule has 0 radical (unpaired) electrons. The van der Waals surface area contributed by atoms with E-state index in [1.807, 2.05) is 67.5 Å². The Kier molecular flexibility index (Phi) is 17.1. The highest BCUT2D eigenvalue weighted by molar-refractivity contribution is 6.11. The van der Waals surface area contributed by atoms with Gasteiger partial charge in [0.2, 0.25) is 23.6 Å². The van der Waals surface area contributed by atoms with Crippen molar-refractivity contribution in [3.63, 3.8) is 0 Å². The standard InChI is InChI=1S/C87H102N16O6/c1-50-15-18-56(39-63(50)80(105)88-6)92-78-76-70(90-48-100(76)58-19-20-58)46-68(94-78)54-17-22-67-75(38-54)103(84(109)87(67)27-34-98(35-28-87)82(107)85(5)23-13-24-85)62-43-60(44-62)99-31-12-9-14-72(99)65-45-73(65)101-49-91-71-47-69(95-79(77(71)101)93-57-36-51(2)52(3)64(40-57)81(106)89-7)55-16-21-66-74(37-55)102(61-41-59(42-61)97-29-10-8-11-30-97)83(108)86(66)25-32-96(33-26-86)53(4)104/h15-18,21-22,36-40,46-49,58-62,65,72-73H,8-14,19-20,23-35,41-45H2,1-7H3,(H,88,105)(H,89,106)(H,92,94)(H,93,95). The zero-order valence-corrected chi connectivity index (χ0v) is 64.2. The van der Waals surface area contributed by atoms with Crippen LogP contribution >= 0.6 is 0 Å². The molecule has 4 aromatic heterocycles. The molecule has 3 atom stereocenters. The molecule has 22 nitrogen and oxygen atoms in total. The van der Waals surface area contributed by atoms with Crippen LogP contribution in [-0.2, 0) is 30.0 Å². The fourth-order valence-electron chi connectivity index (χ4n) is 21.1. The molecule has 4 N–H and O–H groups in total. The molecular formula is C87H102N16O6. The smallest absolute Gasteiger partial charge is 0.251 e. The van der Waals surface area contributed by atoms with Gasteiger partial charge in [0.15, 0.2) is 11.6 Å². The Morgan fingerprint density at radius 1 is 0.495 bits per heavy atom. The number of pyridine rings is 2. The van der Waals surface area contributed by atoms with E-state index >= 15 is 9.59 Å². The van der Waals surface area contributed by atoms with E-state index in [1.165, 1.54) is 19.3 Å². The molecule has 22 heteroatoms. The van der Waals surface area contributed by atoms with Crippen molar-refractivity contribution in [2.45, 2.75) is 216 Å². The number of fused-ring (bicyclic) bond motifs is 6. The van der Waals surface area contributed by atoms with E-state index in [4.69, 9.17) is 19.9 Å². The summed E-state index contributed by atoms with van der Waals surface area (Å²) in [4.78, 5) is 120. The van der Waals surface area contributed by atoms with Crippen molar-refractivity contribution < 1.29 is 28.8 Å². The van der Waals surface area contributed by atoms with Gasteiger partial charge >= 0.3 is 0 Å². The van der Waals surface area contributed by atoms with E-state index < -0.39 is 10.8 Å². The highest BCUT2D eigenvalue weighted by Gasteiger charge is 2.60. The van der Waals surface area contributed by atoms with Crippen molar-refractivity contribution in [2.24, 2.45) is 11.3 Å². The van der Waals surface area contributed by atoms with Crippen molar-refractivity contribution in [2.75, 3.05) is 80.3 Å². The number of carbonyl (C=O) groups is 6. The third kappa shape index (κ3) is 11.6. The van der Waals surface area contributed by atoms with Gasteiger partial charge in [-0.15, -0.1) is 0 Å². The monoisotopic (exact) mass is 1470 g/mol. The van der Waals surface area contributed by atoms with E-state index in [9.17, 15) is 19.2 Å². The molecule has 5 aliphatic carbocycles. The molecule has 2 spiro atoms. The van der Waals surface area contributed by atoms with Crippen molar-refractivity contribution in [1.29, 1.82) is 0 Å². The summed E-state index contributed by atoms with van der Waals surface area (Å²) in [5, 5.41) is 13.1. The number of piperidine rings is 4. The maximum Gasteiger partial charge on any atom is 0.251 e. The SMILES string of the molecule is CNC(=O)c1cc(Nc2nc(-c3ccc4c(c3)N(C3CC(N5CCCCC5C5CC5n5cnc6cc(-c7ccc8c(c7)N(C7CC(N9CCCCC9)C7)C(=O)C87CCN(C(C)=O)CC7)nc(Nc7cc(C)c(C)c(C(=O)NC)c7)c65)C3)C(=O)C43CCN(C(=O)C4(C)CCC4)CC3)cc3ncn(C4CC4)c23)ccc1C. The molecule has 10 heterocycles. The molecule has 4 aromatic carbocycles. The Balaban J connectivity index is 0.628. The summed E-state index contributed by atoms with van der Waals surface area (Å²) < 4.78 is 4.59. The number of hydrogen-bond acceptors (Lipinski definition) is 14. The van der Waals surface area contributed by atoms with Crippen molar-refractivity contribution >= 4 is 91.9 Å². The Morgan fingerprint density at radius 3 is 1.62 bits per heavy atom. The second kappa shape index (κ2) is 26.6. The average molecular weight is 1470 g/mol.